The number of nitrogens with one attached hydrogen (secondary N) is 1. The van der Waals surface area contributed by atoms with Gasteiger partial charge in [0.2, 0.25) is 0 Å². The number of benzene rings is 4. The predicted molar refractivity (Wildman–Crippen MR) is 139 cm³/mol. The summed E-state index contributed by atoms with van der Waals surface area (Å²) in [5.74, 6) is 0.531. The van der Waals surface area contributed by atoms with Crippen molar-refractivity contribution in [1.82, 2.24) is 0 Å². The van der Waals surface area contributed by atoms with E-state index in [1.807, 2.05) is 30.3 Å². The number of nitrogens with zero attached hydrogens (tertiary/aromatic N) is 1. The molecule has 1 aliphatic heterocycles. The Bertz CT molecular complexity index is 1510. The molecule has 2 aliphatic rings. The summed E-state index contributed by atoms with van der Waals surface area (Å²) in [5, 5.41) is 6.21. The van der Waals surface area contributed by atoms with Crippen LogP contribution < -0.4 is 9.62 Å². The van der Waals surface area contributed by atoms with Gasteiger partial charge in [-0.15, -0.1) is 0 Å². The van der Waals surface area contributed by atoms with E-state index in [-0.39, 0.29) is 12.0 Å². The number of rotatable bonds is 4. The summed E-state index contributed by atoms with van der Waals surface area (Å²) in [7, 11) is -2.06. The van der Waals surface area contributed by atoms with Crippen LogP contribution in [0.25, 0.3) is 10.8 Å². The molecule has 4 aromatic carbocycles. The van der Waals surface area contributed by atoms with Crippen molar-refractivity contribution in [1.29, 1.82) is 0 Å². The van der Waals surface area contributed by atoms with Crippen LogP contribution in [0.1, 0.15) is 29.5 Å². The van der Waals surface area contributed by atoms with Crippen LogP contribution in [0.3, 0.4) is 0 Å². The lowest BCUT2D eigenvalue weighted by Crippen LogP contribution is -2.30. The second kappa shape index (κ2) is 8.03. The molecule has 1 heterocycles. The average Bonchev–Trinajstić information content (AvgIpc) is 3.38. The summed E-state index contributed by atoms with van der Waals surface area (Å²) in [4.78, 5) is 0.322. The van der Waals surface area contributed by atoms with Crippen LogP contribution in [-0.4, -0.2) is 15.5 Å². The van der Waals surface area contributed by atoms with Crippen LogP contribution in [-0.2, 0) is 10.0 Å². The molecule has 0 radical (unpaired) electrons. The zero-order valence-electron chi connectivity index (χ0n) is 18.9. The highest BCUT2D eigenvalue weighted by atomic mass is 32.2. The number of fused-ring (bicyclic) bond motifs is 4. The maximum Gasteiger partial charge on any atom is 0.264 e. The fourth-order valence-electron chi connectivity index (χ4n) is 5.40. The number of para-hydroxylation sites is 1. The van der Waals surface area contributed by atoms with E-state index in [1.165, 1.54) is 20.6 Å². The van der Waals surface area contributed by atoms with Gasteiger partial charge in [0.15, 0.2) is 0 Å². The first-order valence-corrected chi connectivity index (χ1v) is 13.1. The number of allylic oxidation sites excluding steroid dienone is 2. The monoisotopic (exact) mass is 466 g/mol. The molecule has 170 valence electrons. The lowest BCUT2D eigenvalue weighted by molar-refractivity contribution is 0.425. The molecule has 3 unspecified atom stereocenters. The van der Waals surface area contributed by atoms with Crippen molar-refractivity contribution in [2.45, 2.75) is 23.3 Å². The first-order valence-electron chi connectivity index (χ1n) is 11.6. The van der Waals surface area contributed by atoms with Crippen LogP contribution in [0.15, 0.2) is 108 Å². The van der Waals surface area contributed by atoms with Gasteiger partial charge >= 0.3 is 0 Å². The third kappa shape index (κ3) is 3.39. The maximum atomic E-state index is 13.4. The van der Waals surface area contributed by atoms with Crippen molar-refractivity contribution in [2.24, 2.45) is 5.92 Å². The highest BCUT2D eigenvalue weighted by molar-refractivity contribution is 7.92. The minimum Gasteiger partial charge on any atom is -0.378 e. The molecule has 34 heavy (non-hydrogen) atoms. The quantitative estimate of drug-likeness (QED) is 0.350. The van der Waals surface area contributed by atoms with Crippen molar-refractivity contribution in [3.8, 4) is 0 Å². The fraction of sp³-hybridized carbons (Fsp3) is 0.172. The van der Waals surface area contributed by atoms with E-state index in [0.717, 1.165) is 17.7 Å². The van der Waals surface area contributed by atoms with E-state index in [1.54, 1.807) is 25.2 Å². The van der Waals surface area contributed by atoms with Crippen molar-refractivity contribution < 1.29 is 8.42 Å². The number of hydrogen-bond acceptors (Lipinski definition) is 3. The van der Waals surface area contributed by atoms with Gasteiger partial charge in [-0.2, -0.15) is 0 Å². The Labute approximate surface area is 200 Å². The Morgan fingerprint density at radius 2 is 1.62 bits per heavy atom. The van der Waals surface area contributed by atoms with Gasteiger partial charge in [0.25, 0.3) is 10.0 Å². The normalized spacial score (nSPS) is 21.0. The van der Waals surface area contributed by atoms with Gasteiger partial charge in [0, 0.05) is 18.7 Å². The van der Waals surface area contributed by atoms with Crippen LogP contribution >= 0.6 is 0 Å². The van der Waals surface area contributed by atoms with E-state index in [2.05, 4.69) is 59.9 Å². The SMILES string of the molecule is CN(c1ccccc1)S(=O)(=O)c1ccc2c(c1)C1C=CCC1C(c1ccc3ccccc3c1)N2. The third-order valence-electron chi connectivity index (χ3n) is 7.25. The Hall–Kier alpha value is -3.57. The largest absolute Gasteiger partial charge is 0.378 e. The molecule has 0 aromatic heterocycles. The van der Waals surface area contributed by atoms with E-state index in [0.29, 0.717) is 16.5 Å². The fourth-order valence-corrected chi connectivity index (χ4v) is 6.63. The molecule has 0 bridgehead atoms. The molecule has 5 heteroatoms. The van der Waals surface area contributed by atoms with E-state index < -0.39 is 10.0 Å². The summed E-state index contributed by atoms with van der Waals surface area (Å²) in [6.07, 6.45) is 5.45. The van der Waals surface area contributed by atoms with E-state index in [4.69, 9.17) is 0 Å². The summed E-state index contributed by atoms with van der Waals surface area (Å²) in [5.41, 5.74) is 3.97. The topological polar surface area (TPSA) is 49.4 Å². The van der Waals surface area contributed by atoms with Gasteiger partial charge in [-0.25, -0.2) is 8.42 Å². The first-order chi connectivity index (χ1) is 16.5. The molecule has 0 spiro atoms. The van der Waals surface area contributed by atoms with E-state index in [9.17, 15) is 8.42 Å². The Morgan fingerprint density at radius 1 is 0.853 bits per heavy atom. The van der Waals surface area contributed by atoms with Crippen molar-refractivity contribution in [3.05, 3.63) is 114 Å². The molecule has 4 aromatic rings. The summed E-state index contributed by atoms with van der Waals surface area (Å²) in [6.45, 7) is 0. The lowest BCUT2D eigenvalue weighted by atomic mass is 9.77. The van der Waals surface area contributed by atoms with Gasteiger partial charge in [-0.1, -0.05) is 66.7 Å². The molecule has 1 aliphatic carbocycles. The summed E-state index contributed by atoms with van der Waals surface area (Å²) >= 11 is 0. The third-order valence-corrected chi connectivity index (χ3v) is 9.03. The second-order valence-corrected chi connectivity index (χ2v) is 11.1. The maximum absolute atomic E-state index is 13.4. The van der Waals surface area contributed by atoms with Crippen molar-refractivity contribution >= 4 is 32.2 Å². The van der Waals surface area contributed by atoms with Gasteiger partial charge in [0.05, 0.1) is 16.6 Å². The minimum absolute atomic E-state index is 0.173. The van der Waals surface area contributed by atoms with Crippen LogP contribution in [0.5, 0.6) is 0 Å². The average molecular weight is 467 g/mol. The molecule has 0 saturated carbocycles. The molecule has 0 amide bonds. The van der Waals surface area contributed by atoms with Crippen molar-refractivity contribution in [2.75, 3.05) is 16.7 Å². The summed E-state index contributed by atoms with van der Waals surface area (Å²) in [6, 6.07) is 30.0. The number of anilines is 2. The molecule has 0 saturated heterocycles. The number of hydrogen-bond donors (Lipinski definition) is 1. The molecular weight excluding hydrogens is 440 g/mol. The zero-order valence-corrected chi connectivity index (χ0v) is 19.7. The minimum atomic E-state index is -3.66. The molecule has 0 fully saturated rings. The van der Waals surface area contributed by atoms with E-state index >= 15 is 0 Å². The first kappa shape index (κ1) is 21.0. The molecule has 3 atom stereocenters. The molecule has 1 N–H and O–H groups in total. The Balaban J connectivity index is 1.38. The molecule has 4 nitrogen and oxygen atoms in total. The number of sulfonamides is 1. The molecule has 6 rings (SSSR count). The van der Waals surface area contributed by atoms with Crippen molar-refractivity contribution in [3.63, 3.8) is 0 Å². The smallest absolute Gasteiger partial charge is 0.264 e. The highest BCUT2D eigenvalue weighted by Crippen LogP contribution is 2.50. The highest BCUT2D eigenvalue weighted by Gasteiger charge is 2.38. The van der Waals surface area contributed by atoms with Gasteiger partial charge < -0.3 is 5.32 Å². The van der Waals surface area contributed by atoms with Crippen LogP contribution in [0.2, 0.25) is 0 Å². The summed E-state index contributed by atoms with van der Waals surface area (Å²) < 4.78 is 28.2. The van der Waals surface area contributed by atoms with Crippen LogP contribution in [0, 0.1) is 5.92 Å². The zero-order chi connectivity index (χ0) is 23.3. The Morgan fingerprint density at radius 3 is 2.44 bits per heavy atom. The van der Waals surface area contributed by atoms with Gasteiger partial charge in [-0.05, 0) is 70.6 Å². The predicted octanol–water partition coefficient (Wildman–Crippen LogP) is 6.49. The Kier molecular flexibility index (Phi) is 4.96. The second-order valence-electron chi connectivity index (χ2n) is 9.14. The lowest BCUT2D eigenvalue weighted by Gasteiger charge is -2.38. The van der Waals surface area contributed by atoms with Crippen LogP contribution in [0.4, 0.5) is 11.4 Å². The van der Waals surface area contributed by atoms with Gasteiger partial charge in [-0.3, -0.25) is 4.31 Å². The van der Waals surface area contributed by atoms with Gasteiger partial charge in [0.1, 0.15) is 0 Å². The molecular formula is C29H26N2O2S. The standard InChI is InChI=1S/C29H26N2O2S/c1-31(23-10-3-2-4-11-23)34(32,33)24-16-17-28-27(19-24)25-12-7-13-26(25)29(30-28)22-15-14-20-8-5-6-9-21(20)18-22/h2-12,14-19,25-26,29-30H,13H2,1H3.